The van der Waals surface area contributed by atoms with Gasteiger partial charge in [0.05, 0.1) is 58.6 Å². The van der Waals surface area contributed by atoms with Gasteiger partial charge in [0.15, 0.2) is 6.29 Å². The number of ether oxygens (including phenoxy) is 5. The van der Waals surface area contributed by atoms with Crippen molar-refractivity contribution in [1.82, 2.24) is 0 Å². The fourth-order valence-electron chi connectivity index (χ4n) is 1.64. The lowest BCUT2D eigenvalue weighted by molar-refractivity contribution is -0.137. The molecule has 1 saturated heterocycles. The Kier molecular flexibility index (Phi) is 25.5. The van der Waals surface area contributed by atoms with Crippen molar-refractivity contribution < 1.29 is 58.8 Å². The van der Waals surface area contributed by atoms with Crippen LogP contribution in [0.25, 0.3) is 0 Å². The second-order valence-corrected chi connectivity index (χ2v) is 8.17. The molecule has 4 unspecified atom stereocenters. The third-order valence-electron chi connectivity index (χ3n) is 3.31. The van der Waals surface area contributed by atoms with Crippen molar-refractivity contribution in [3.8, 4) is 0 Å². The highest BCUT2D eigenvalue weighted by molar-refractivity contribution is 7.99. The predicted molar refractivity (Wildman–Crippen MR) is 124 cm³/mol. The molecule has 0 bridgehead atoms. The first kappa shape index (κ1) is 34.5. The summed E-state index contributed by atoms with van der Waals surface area (Å²) >= 11 is 5.04. The number of rotatable bonds is 18. The highest BCUT2D eigenvalue weighted by Crippen LogP contribution is 2.08. The van der Waals surface area contributed by atoms with Crippen molar-refractivity contribution in [1.29, 1.82) is 0 Å². The lowest BCUT2D eigenvalue weighted by atomic mass is 10.4. The molecule has 1 heterocycles. The Morgan fingerprint density at radius 3 is 2.06 bits per heavy atom. The molecule has 0 spiro atoms. The maximum absolute atomic E-state index is 10.2. The van der Waals surface area contributed by atoms with Gasteiger partial charge in [-0.3, -0.25) is 9.59 Å². The van der Waals surface area contributed by atoms with Crippen molar-refractivity contribution in [3.05, 3.63) is 0 Å². The normalized spacial score (nSPS) is 17.0. The topological polar surface area (TPSA) is 185 Å². The molecule has 14 heteroatoms. The van der Waals surface area contributed by atoms with Crippen molar-refractivity contribution in [2.24, 2.45) is 0 Å². The third-order valence-corrected chi connectivity index (χ3v) is 4.65. The molecule has 1 fully saturated rings. The molecule has 0 saturated carbocycles. The van der Waals surface area contributed by atoms with E-state index in [1.165, 1.54) is 26.0 Å². The van der Waals surface area contributed by atoms with Gasteiger partial charge in [0.25, 0.3) is 0 Å². The zero-order valence-electron chi connectivity index (χ0n) is 19.0. The smallest absolute Gasteiger partial charge is 0.304 e. The number of aliphatic hydroxyl groups is 3. The van der Waals surface area contributed by atoms with Gasteiger partial charge in [0.1, 0.15) is 12.2 Å². The van der Waals surface area contributed by atoms with Crippen LogP contribution in [0.5, 0.6) is 0 Å². The van der Waals surface area contributed by atoms with Crippen LogP contribution in [-0.4, -0.2) is 133 Å². The van der Waals surface area contributed by atoms with E-state index in [1.807, 2.05) is 0 Å². The van der Waals surface area contributed by atoms with Crippen LogP contribution in [0.1, 0.15) is 12.8 Å². The van der Waals surface area contributed by atoms with Crippen molar-refractivity contribution in [3.63, 3.8) is 0 Å². The summed E-state index contributed by atoms with van der Waals surface area (Å²) < 4.78 is 24.2. The molecule has 0 aromatic heterocycles. The number of aliphatic hydroxyl groups excluding tert-OH is 3. The maximum atomic E-state index is 10.2. The molecule has 198 valence electrons. The van der Waals surface area contributed by atoms with Gasteiger partial charge in [-0.05, 0) is 0 Å². The number of carboxylic acid groups (broad SMARTS) is 2. The fraction of sp³-hybridized carbons (Fsp3) is 0.895. The second kappa shape index (κ2) is 24.4. The van der Waals surface area contributed by atoms with E-state index in [9.17, 15) is 19.8 Å². The Balaban J connectivity index is 0. The summed E-state index contributed by atoms with van der Waals surface area (Å²) in [5.41, 5.74) is 0. The maximum Gasteiger partial charge on any atom is 0.304 e. The third kappa shape index (κ3) is 31.3. The van der Waals surface area contributed by atoms with E-state index in [1.54, 1.807) is 0 Å². The monoisotopic (exact) mass is 522 g/mol. The van der Waals surface area contributed by atoms with Gasteiger partial charge in [-0.1, -0.05) is 0 Å². The van der Waals surface area contributed by atoms with Crippen LogP contribution in [0.3, 0.4) is 0 Å². The van der Waals surface area contributed by atoms with Gasteiger partial charge in [-0.2, -0.15) is 24.4 Å². The van der Waals surface area contributed by atoms with Gasteiger partial charge < -0.3 is 49.2 Å². The molecule has 5 N–H and O–H groups in total. The minimum absolute atomic E-state index is 0.0881. The number of methoxy groups -OCH3 is 2. The average Bonchev–Trinajstić information content (AvgIpc) is 3.56. The lowest BCUT2D eigenvalue weighted by Crippen LogP contribution is -2.25. The number of aliphatic carboxylic acids is 2. The quantitative estimate of drug-likeness (QED) is 0.0577. The number of thiol groups is 1. The van der Waals surface area contributed by atoms with Gasteiger partial charge in [-0.15, -0.1) is 0 Å². The zero-order valence-corrected chi connectivity index (χ0v) is 20.7. The van der Waals surface area contributed by atoms with Crippen molar-refractivity contribution >= 4 is 36.3 Å². The molecule has 0 aromatic carbocycles. The number of hydrogen-bond acceptors (Lipinski definition) is 12. The number of thioether (sulfide) groups is 1. The minimum Gasteiger partial charge on any atom is -0.481 e. The number of carbonyl (C=O) groups is 2. The number of epoxide rings is 1. The standard InChI is InChI=1S/C10H20O6S.C6H12O4.C3H6O2S/c1-15-4-8(11)5-16-6-9(12)7-17-3-2-10(13)14;1-8-6(7)4-9-2-5-3-10-5;4-3(5)1-2-6/h8-9,11-12H,2-7H2,1H3,(H,13,14);5-7H,2-4H2,1H3;6H,1-2H2,(H,4,5). The first-order chi connectivity index (χ1) is 15.7. The first-order valence-electron chi connectivity index (χ1n) is 10.1. The van der Waals surface area contributed by atoms with Crippen LogP contribution in [0, 0.1) is 0 Å². The Bertz CT molecular complexity index is 468. The van der Waals surface area contributed by atoms with Gasteiger partial charge >= 0.3 is 11.9 Å². The van der Waals surface area contributed by atoms with E-state index in [0.717, 1.165) is 6.61 Å². The zero-order chi connectivity index (χ0) is 25.5. The summed E-state index contributed by atoms with van der Waals surface area (Å²) in [6.07, 6.45) is -1.65. The highest BCUT2D eigenvalue weighted by Gasteiger charge is 2.22. The second-order valence-electron chi connectivity index (χ2n) is 6.57. The highest BCUT2D eigenvalue weighted by atomic mass is 32.2. The predicted octanol–water partition coefficient (Wildman–Crippen LogP) is -0.663. The molecule has 4 atom stereocenters. The molecule has 1 aliphatic rings. The van der Waals surface area contributed by atoms with E-state index < -0.39 is 30.4 Å². The largest absolute Gasteiger partial charge is 0.481 e. The van der Waals surface area contributed by atoms with Gasteiger partial charge in [-0.25, -0.2) is 0 Å². The van der Waals surface area contributed by atoms with Crippen LogP contribution in [0.15, 0.2) is 0 Å². The van der Waals surface area contributed by atoms with E-state index >= 15 is 0 Å². The summed E-state index contributed by atoms with van der Waals surface area (Å²) in [7, 11) is 2.92. The molecular weight excluding hydrogens is 484 g/mol. The summed E-state index contributed by atoms with van der Waals surface area (Å²) in [6, 6.07) is 0. The summed E-state index contributed by atoms with van der Waals surface area (Å²) in [4.78, 5) is 19.8. The number of carboxylic acids is 2. The lowest BCUT2D eigenvalue weighted by Gasteiger charge is -2.13. The molecule has 33 heavy (non-hydrogen) atoms. The van der Waals surface area contributed by atoms with Crippen LogP contribution in [0.2, 0.25) is 0 Å². The minimum atomic E-state index is -0.842. The van der Waals surface area contributed by atoms with Crippen molar-refractivity contribution in [2.75, 3.05) is 71.1 Å². The first-order valence-corrected chi connectivity index (χ1v) is 11.9. The van der Waals surface area contributed by atoms with Crippen LogP contribution >= 0.6 is 24.4 Å². The molecular formula is C19H38O12S2. The Labute approximate surface area is 203 Å². The van der Waals surface area contributed by atoms with Crippen LogP contribution in [-0.2, 0) is 33.3 Å². The summed E-state index contributed by atoms with van der Waals surface area (Å²) in [6.45, 7) is 1.99. The molecule has 0 radical (unpaired) electrons. The summed E-state index contributed by atoms with van der Waals surface area (Å²) in [5.74, 6) is -0.308. The van der Waals surface area contributed by atoms with Gasteiger partial charge in [0.2, 0.25) is 0 Å². The van der Waals surface area contributed by atoms with E-state index in [0.29, 0.717) is 23.9 Å². The molecule has 0 aliphatic carbocycles. The molecule has 1 rings (SSSR count). The number of hydrogen-bond donors (Lipinski definition) is 6. The van der Waals surface area contributed by atoms with Gasteiger partial charge in [0, 0.05) is 31.5 Å². The van der Waals surface area contributed by atoms with E-state index in [2.05, 4.69) is 17.4 Å². The molecule has 12 nitrogen and oxygen atoms in total. The van der Waals surface area contributed by atoms with Crippen LogP contribution in [0.4, 0.5) is 0 Å². The van der Waals surface area contributed by atoms with E-state index in [-0.39, 0.29) is 45.4 Å². The summed E-state index contributed by atoms with van der Waals surface area (Å²) in [5, 5.41) is 43.7. The molecule has 0 amide bonds. The fourth-order valence-corrected chi connectivity index (χ4v) is 2.68. The SMILES string of the molecule is COC(O)COCC1CO1.COCC(O)COCC(O)CSCCC(=O)O.O=C(O)CCS. The van der Waals surface area contributed by atoms with Crippen molar-refractivity contribution in [2.45, 2.75) is 37.4 Å². The Hall–Kier alpha value is -0.680. The molecule has 0 aromatic rings. The molecule has 1 aliphatic heterocycles. The Morgan fingerprint density at radius 1 is 1.00 bits per heavy atom. The average molecular weight is 523 g/mol. The Morgan fingerprint density at radius 2 is 1.61 bits per heavy atom. The van der Waals surface area contributed by atoms with E-state index in [4.69, 9.17) is 34.3 Å². The van der Waals surface area contributed by atoms with Crippen LogP contribution < -0.4 is 0 Å².